The minimum Gasteiger partial charge on any atom is -0.358 e. The van der Waals surface area contributed by atoms with Gasteiger partial charge in [0.1, 0.15) is 5.82 Å². The molecule has 1 aliphatic heterocycles. The lowest BCUT2D eigenvalue weighted by Crippen LogP contribution is -2.39. The molecule has 3 aromatic rings. The van der Waals surface area contributed by atoms with E-state index in [0.29, 0.717) is 12.3 Å². The molecule has 1 N–H and O–H groups in total. The summed E-state index contributed by atoms with van der Waals surface area (Å²) in [6, 6.07) is 17.0. The van der Waals surface area contributed by atoms with Crippen LogP contribution in [0, 0.1) is 5.82 Å². The minimum atomic E-state index is -0.218. The second-order valence-electron chi connectivity index (χ2n) is 7.12. The molecule has 26 heavy (non-hydrogen) atoms. The van der Waals surface area contributed by atoms with Crippen LogP contribution < -0.4 is 0 Å². The summed E-state index contributed by atoms with van der Waals surface area (Å²) in [5.74, 6) is 0.296. The number of aryl methyl sites for hydroxylation is 1. The van der Waals surface area contributed by atoms with Gasteiger partial charge >= 0.3 is 0 Å². The number of halogens is 1. The summed E-state index contributed by atoms with van der Waals surface area (Å²) < 4.78 is 13.4. The number of carbonyl (C=O) groups excluding carboxylic acids is 1. The molecule has 1 fully saturated rings. The lowest BCUT2D eigenvalue weighted by molar-refractivity contribution is -0.132. The highest BCUT2D eigenvalue weighted by Gasteiger charge is 2.25. The molecule has 1 saturated heterocycles. The normalized spacial score (nSPS) is 17.6. The summed E-state index contributed by atoms with van der Waals surface area (Å²) in [5, 5.41) is 0.896. The smallest absolute Gasteiger partial charge is 0.222 e. The van der Waals surface area contributed by atoms with Crippen molar-refractivity contribution in [3.05, 3.63) is 71.7 Å². The zero-order chi connectivity index (χ0) is 17.9. The van der Waals surface area contributed by atoms with Gasteiger partial charge in [-0.05, 0) is 49.1 Å². The van der Waals surface area contributed by atoms with Crippen molar-refractivity contribution in [2.24, 2.45) is 0 Å². The average molecular weight is 350 g/mol. The Morgan fingerprint density at radius 3 is 2.85 bits per heavy atom. The molecule has 3 nitrogen and oxygen atoms in total. The molecule has 0 saturated carbocycles. The molecular weight excluding hydrogens is 327 g/mol. The molecule has 0 bridgehead atoms. The van der Waals surface area contributed by atoms with Crippen molar-refractivity contribution in [2.45, 2.75) is 31.6 Å². The Kier molecular flexibility index (Phi) is 4.74. The van der Waals surface area contributed by atoms with Crippen LogP contribution in [-0.4, -0.2) is 28.9 Å². The highest BCUT2D eigenvalue weighted by atomic mass is 19.1. The van der Waals surface area contributed by atoms with Crippen LogP contribution >= 0.6 is 0 Å². The Morgan fingerprint density at radius 1 is 1.15 bits per heavy atom. The molecule has 1 amide bonds. The van der Waals surface area contributed by atoms with Gasteiger partial charge in [-0.3, -0.25) is 4.79 Å². The van der Waals surface area contributed by atoms with Crippen LogP contribution in [0.3, 0.4) is 0 Å². The van der Waals surface area contributed by atoms with Gasteiger partial charge in [0.2, 0.25) is 5.91 Å². The summed E-state index contributed by atoms with van der Waals surface area (Å²) in [6.45, 7) is 1.57. The maximum Gasteiger partial charge on any atom is 0.222 e. The molecule has 0 aliphatic carbocycles. The quantitative estimate of drug-likeness (QED) is 0.731. The first-order valence-corrected chi connectivity index (χ1v) is 9.29. The Labute approximate surface area is 152 Å². The second-order valence-corrected chi connectivity index (χ2v) is 7.12. The number of hydrogen-bond donors (Lipinski definition) is 1. The van der Waals surface area contributed by atoms with E-state index >= 15 is 0 Å². The number of fused-ring (bicyclic) bond motifs is 1. The van der Waals surface area contributed by atoms with Crippen LogP contribution in [0.15, 0.2) is 54.6 Å². The number of hydrogen-bond acceptors (Lipinski definition) is 1. The SMILES string of the molecule is O=C(CCc1ccccc1)N1CCCC(c2cc3cc(F)ccc3[nH]2)C1. The van der Waals surface area contributed by atoms with Crippen molar-refractivity contribution in [3.8, 4) is 0 Å². The average Bonchev–Trinajstić information content (AvgIpc) is 3.10. The molecule has 134 valence electrons. The third-order valence-electron chi connectivity index (χ3n) is 5.29. The van der Waals surface area contributed by atoms with E-state index in [1.54, 1.807) is 12.1 Å². The number of nitrogens with one attached hydrogen (secondary N) is 1. The molecule has 1 aromatic heterocycles. The third kappa shape index (κ3) is 3.64. The van der Waals surface area contributed by atoms with E-state index in [0.717, 1.165) is 48.9 Å². The summed E-state index contributed by atoms with van der Waals surface area (Å²) in [6.07, 6.45) is 3.39. The van der Waals surface area contributed by atoms with Gasteiger partial charge in [-0.25, -0.2) is 4.39 Å². The van der Waals surface area contributed by atoms with E-state index in [2.05, 4.69) is 17.1 Å². The van der Waals surface area contributed by atoms with E-state index in [-0.39, 0.29) is 11.7 Å². The fraction of sp³-hybridized carbons (Fsp3) is 0.318. The third-order valence-corrected chi connectivity index (χ3v) is 5.29. The van der Waals surface area contributed by atoms with Crippen LogP contribution in [0.1, 0.15) is 36.4 Å². The van der Waals surface area contributed by atoms with E-state index in [4.69, 9.17) is 0 Å². The minimum absolute atomic E-state index is 0.218. The first-order valence-electron chi connectivity index (χ1n) is 9.29. The van der Waals surface area contributed by atoms with Gasteiger partial charge in [-0.15, -0.1) is 0 Å². The highest BCUT2D eigenvalue weighted by Crippen LogP contribution is 2.29. The van der Waals surface area contributed by atoms with Crippen LogP contribution in [0.4, 0.5) is 4.39 Å². The number of piperidine rings is 1. The molecule has 0 radical (unpaired) electrons. The van der Waals surface area contributed by atoms with Gasteiger partial charge < -0.3 is 9.88 Å². The first-order chi connectivity index (χ1) is 12.7. The zero-order valence-corrected chi connectivity index (χ0v) is 14.7. The van der Waals surface area contributed by atoms with Gasteiger partial charge in [0.05, 0.1) is 0 Å². The summed E-state index contributed by atoms with van der Waals surface area (Å²) in [5.41, 5.74) is 3.26. The van der Waals surface area contributed by atoms with Crippen molar-refractivity contribution < 1.29 is 9.18 Å². The Morgan fingerprint density at radius 2 is 2.00 bits per heavy atom. The lowest BCUT2D eigenvalue weighted by Gasteiger charge is -2.32. The summed E-state index contributed by atoms with van der Waals surface area (Å²) in [4.78, 5) is 18.0. The molecule has 4 heteroatoms. The second kappa shape index (κ2) is 7.32. The Bertz CT molecular complexity index is 903. The maximum atomic E-state index is 13.4. The molecule has 1 aliphatic rings. The number of rotatable bonds is 4. The van der Waals surface area contributed by atoms with Crippen LogP contribution in [-0.2, 0) is 11.2 Å². The standard InChI is InChI=1S/C22H23FN2O/c23-19-9-10-20-18(13-19)14-21(24-20)17-7-4-12-25(15-17)22(26)11-8-16-5-2-1-3-6-16/h1-3,5-6,9-10,13-14,17,24H,4,7-8,11-12,15H2. The van der Waals surface area contributed by atoms with Crippen molar-refractivity contribution in [1.29, 1.82) is 0 Å². The molecule has 0 spiro atoms. The number of nitrogens with zero attached hydrogens (tertiary/aromatic N) is 1. The number of amides is 1. The number of aromatic nitrogens is 1. The van der Waals surface area contributed by atoms with Crippen LogP contribution in [0.25, 0.3) is 10.9 Å². The van der Waals surface area contributed by atoms with Gasteiger partial charge in [0.15, 0.2) is 0 Å². The van der Waals surface area contributed by atoms with Crippen LogP contribution in [0.2, 0.25) is 0 Å². The number of carbonyl (C=O) groups is 1. The van der Waals surface area contributed by atoms with Gasteiger partial charge in [-0.2, -0.15) is 0 Å². The van der Waals surface area contributed by atoms with Gasteiger partial charge in [0.25, 0.3) is 0 Å². The largest absolute Gasteiger partial charge is 0.358 e. The molecule has 1 unspecified atom stereocenters. The predicted molar refractivity (Wildman–Crippen MR) is 102 cm³/mol. The van der Waals surface area contributed by atoms with Crippen molar-refractivity contribution >= 4 is 16.8 Å². The zero-order valence-electron chi connectivity index (χ0n) is 14.7. The Hall–Kier alpha value is -2.62. The first kappa shape index (κ1) is 16.8. The van der Waals surface area contributed by atoms with Crippen LogP contribution in [0.5, 0.6) is 0 Å². The van der Waals surface area contributed by atoms with Crippen molar-refractivity contribution in [3.63, 3.8) is 0 Å². The lowest BCUT2D eigenvalue weighted by atomic mass is 9.94. The van der Waals surface area contributed by atoms with E-state index in [9.17, 15) is 9.18 Å². The number of likely N-dealkylation sites (tertiary alicyclic amines) is 1. The van der Waals surface area contributed by atoms with E-state index in [1.807, 2.05) is 29.2 Å². The maximum absolute atomic E-state index is 13.4. The number of H-pyrrole nitrogens is 1. The molecular formula is C22H23FN2O. The van der Waals surface area contributed by atoms with E-state index < -0.39 is 0 Å². The van der Waals surface area contributed by atoms with Crippen molar-refractivity contribution in [1.82, 2.24) is 9.88 Å². The fourth-order valence-corrected chi connectivity index (χ4v) is 3.86. The Balaban J connectivity index is 1.42. The fourth-order valence-electron chi connectivity index (χ4n) is 3.86. The molecule has 2 aromatic carbocycles. The van der Waals surface area contributed by atoms with Gasteiger partial charge in [-0.1, -0.05) is 30.3 Å². The number of benzene rings is 2. The molecule has 2 heterocycles. The van der Waals surface area contributed by atoms with Crippen molar-refractivity contribution in [2.75, 3.05) is 13.1 Å². The predicted octanol–water partition coefficient (Wildman–Crippen LogP) is 4.65. The summed E-state index contributed by atoms with van der Waals surface area (Å²) in [7, 11) is 0. The molecule has 1 atom stereocenters. The van der Waals surface area contributed by atoms with E-state index in [1.165, 1.54) is 11.6 Å². The monoisotopic (exact) mass is 350 g/mol. The molecule has 4 rings (SSSR count). The number of aromatic amines is 1. The highest BCUT2D eigenvalue weighted by molar-refractivity contribution is 5.81. The van der Waals surface area contributed by atoms with Gasteiger partial charge in [0, 0.05) is 42.0 Å². The summed E-state index contributed by atoms with van der Waals surface area (Å²) >= 11 is 0. The topological polar surface area (TPSA) is 36.1 Å².